The van der Waals surface area contributed by atoms with Gasteiger partial charge in [0.15, 0.2) is 6.29 Å². The third-order valence-corrected chi connectivity index (χ3v) is 2.27. The lowest BCUT2D eigenvalue weighted by Gasteiger charge is -2.39. The van der Waals surface area contributed by atoms with Crippen molar-refractivity contribution in [2.45, 2.75) is 30.6 Å². The molecule has 86 valence electrons. The van der Waals surface area contributed by atoms with Crippen LogP contribution in [-0.2, 0) is 9.47 Å². The summed E-state index contributed by atoms with van der Waals surface area (Å²) >= 11 is 0. The van der Waals surface area contributed by atoms with Gasteiger partial charge in [0, 0.05) is 12.0 Å². The van der Waals surface area contributed by atoms with E-state index in [1.54, 1.807) is 0 Å². The molecule has 0 radical (unpaired) electrons. The molecule has 3 N–H and O–H groups in total. The van der Waals surface area contributed by atoms with Crippen LogP contribution >= 0.6 is 0 Å². The SMILES string of the molecule is COC1O[C@H](CO)[C@@H](O)[C@H](N=[N+]=[N-])[C@H]1O. The molecule has 1 heterocycles. The molecule has 0 saturated carbocycles. The summed E-state index contributed by atoms with van der Waals surface area (Å²) in [5.41, 5.74) is 8.26. The molecule has 0 aliphatic carbocycles. The minimum absolute atomic E-state index is 0.453. The largest absolute Gasteiger partial charge is 0.394 e. The highest BCUT2D eigenvalue weighted by atomic mass is 16.7. The van der Waals surface area contributed by atoms with Gasteiger partial charge in [0.25, 0.3) is 0 Å². The Morgan fingerprint density at radius 3 is 2.60 bits per heavy atom. The zero-order valence-electron chi connectivity index (χ0n) is 8.09. The number of aliphatic hydroxyl groups excluding tert-OH is 3. The molecule has 1 aliphatic heterocycles. The summed E-state index contributed by atoms with van der Waals surface area (Å²) < 4.78 is 9.81. The Kier molecular flexibility index (Phi) is 4.28. The van der Waals surface area contributed by atoms with Crippen molar-refractivity contribution >= 4 is 0 Å². The predicted octanol–water partition coefficient (Wildman–Crippen LogP) is -1.25. The number of hydrogen-bond donors (Lipinski definition) is 3. The first-order valence-electron chi connectivity index (χ1n) is 4.35. The first-order chi connectivity index (χ1) is 7.15. The van der Waals surface area contributed by atoms with Gasteiger partial charge < -0.3 is 24.8 Å². The smallest absolute Gasteiger partial charge is 0.184 e. The molecule has 15 heavy (non-hydrogen) atoms. The molecule has 0 aromatic rings. The van der Waals surface area contributed by atoms with Crippen LogP contribution < -0.4 is 0 Å². The molecule has 1 fully saturated rings. The fourth-order valence-electron chi connectivity index (χ4n) is 1.46. The Bertz CT molecular complexity index is 241. The average Bonchev–Trinajstić information content (AvgIpc) is 2.25. The van der Waals surface area contributed by atoms with Crippen LogP contribution in [0.4, 0.5) is 0 Å². The van der Waals surface area contributed by atoms with Crippen molar-refractivity contribution in [2.24, 2.45) is 5.11 Å². The normalized spacial score (nSPS) is 40.9. The maximum absolute atomic E-state index is 9.59. The van der Waals surface area contributed by atoms with E-state index in [1.807, 2.05) is 0 Å². The van der Waals surface area contributed by atoms with E-state index in [-0.39, 0.29) is 0 Å². The summed E-state index contributed by atoms with van der Waals surface area (Å²) in [6.45, 7) is -0.453. The number of aliphatic hydroxyl groups is 3. The third kappa shape index (κ3) is 2.37. The van der Waals surface area contributed by atoms with Gasteiger partial charge in [-0.2, -0.15) is 0 Å². The van der Waals surface area contributed by atoms with Crippen molar-refractivity contribution in [3.05, 3.63) is 10.4 Å². The Balaban J connectivity index is 2.85. The fourth-order valence-corrected chi connectivity index (χ4v) is 1.46. The average molecular weight is 219 g/mol. The second-order valence-electron chi connectivity index (χ2n) is 3.14. The van der Waals surface area contributed by atoms with Crippen LogP contribution in [0.1, 0.15) is 0 Å². The van der Waals surface area contributed by atoms with E-state index >= 15 is 0 Å². The van der Waals surface area contributed by atoms with Crippen molar-refractivity contribution in [1.29, 1.82) is 0 Å². The van der Waals surface area contributed by atoms with Crippen LogP contribution in [0.15, 0.2) is 5.11 Å². The van der Waals surface area contributed by atoms with Crippen molar-refractivity contribution in [2.75, 3.05) is 13.7 Å². The molecule has 1 saturated heterocycles. The number of rotatable bonds is 3. The van der Waals surface area contributed by atoms with Crippen LogP contribution in [-0.4, -0.2) is 59.7 Å². The van der Waals surface area contributed by atoms with Gasteiger partial charge >= 0.3 is 0 Å². The molecule has 0 aromatic heterocycles. The van der Waals surface area contributed by atoms with Crippen molar-refractivity contribution in [1.82, 2.24) is 0 Å². The van der Waals surface area contributed by atoms with Crippen molar-refractivity contribution in [3.63, 3.8) is 0 Å². The number of methoxy groups -OCH3 is 1. The number of hydrogen-bond acceptors (Lipinski definition) is 6. The Labute approximate surface area is 85.7 Å². The molecule has 0 bridgehead atoms. The van der Waals surface area contributed by atoms with Crippen LogP contribution in [0.2, 0.25) is 0 Å². The minimum Gasteiger partial charge on any atom is -0.394 e. The topological polar surface area (TPSA) is 128 Å². The van der Waals surface area contributed by atoms with Gasteiger partial charge in [-0.1, -0.05) is 5.11 Å². The zero-order valence-corrected chi connectivity index (χ0v) is 8.09. The second-order valence-corrected chi connectivity index (χ2v) is 3.14. The lowest BCUT2D eigenvalue weighted by atomic mass is 9.97. The summed E-state index contributed by atoms with van der Waals surface area (Å²) in [4.78, 5) is 2.51. The number of ether oxygens (including phenoxy) is 2. The third-order valence-electron chi connectivity index (χ3n) is 2.27. The fraction of sp³-hybridized carbons (Fsp3) is 1.00. The molecule has 5 atom stereocenters. The molecule has 1 unspecified atom stereocenters. The monoisotopic (exact) mass is 219 g/mol. The van der Waals surface area contributed by atoms with Gasteiger partial charge in [-0.15, -0.1) is 0 Å². The zero-order chi connectivity index (χ0) is 11.4. The lowest BCUT2D eigenvalue weighted by Crippen LogP contribution is -2.58. The first-order valence-corrected chi connectivity index (χ1v) is 4.35. The molecule has 0 spiro atoms. The summed E-state index contributed by atoms with van der Waals surface area (Å²) in [6, 6.07) is -1.09. The van der Waals surface area contributed by atoms with Gasteiger partial charge in [-0.05, 0) is 5.53 Å². The van der Waals surface area contributed by atoms with E-state index in [0.717, 1.165) is 0 Å². The van der Waals surface area contributed by atoms with E-state index in [0.29, 0.717) is 0 Å². The van der Waals surface area contributed by atoms with Crippen LogP contribution in [0, 0.1) is 0 Å². The molecule has 8 heteroatoms. The Morgan fingerprint density at radius 2 is 2.13 bits per heavy atom. The molecule has 0 amide bonds. The van der Waals surface area contributed by atoms with E-state index in [1.165, 1.54) is 7.11 Å². The van der Waals surface area contributed by atoms with Crippen molar-refractivity contribution in [3.8, 4) is 0 Å². The standard InChI is InChI=1S/C7H13N3O5/c1-14-7-6(13)4(9-10-8)5(12)3(2-11)15-7/h3-7,11-13H,2H2,1H3/t3-,4+,5-,6-,7?/m1/s1. The van der Waals surface area contributed by atoms with Crippen LogP contribution in [0.25, 0.3) is 10.4 Å². The van der Waals surface area contributed by atoms with E-state index in [4.69, 9.17) is 20.1 Å². The molecule has 0 aromatic carbocycles. The van der Waals surface area contributed by atoms with Crippen molar-refractivity contribution < 1.29 is 24.8 Å². The van der Waals surface area contributed by atoms with Gasteiger partial charge in [0.1, 0.15) is 12.2 Å². The highest BCUT2D eigenvalue weighted by molar-refractivity contribution is 4.94. The summed E-state index contributed by atoms with van der Waals surface area (Å²) in [5, 5.41) is 31.3. The van der Waals surface area contributed by atoms with E-state index in [9.17, 15) is 10.2 Å². The summed E-state index contributed by atoms with van der Waals surface area (Å²) in [6.07, 6.45) is -4.48. The predicted molar refractivity (Wildman–Crippen MR) is 47.7 cm³/mol. The molecule has 1 aliphatic rings. The molecule has 8 nitrogen and oxygen atoms in total. The second kappa shape index (κ2) is 5.26. The number of nitrogens with zero attached hydrogens (tertiary/aromatic N) is 3. The minimum atomic E-state index is -1.26. The molecular weight excluding hydrogens is 206 g/mol. The van der Waals surface area contributed by atoms with Gasteiger partial charge in [0.2, 0.25) is 0 Å². The first kappa shape index (κ1) is 12.2. The lowest BCUT2D eigenvalue weighted by molar-refractivity contribution is -0.267. The van der Waals surface area contributed by atoms with Gasteiger partial charge in [-0.25, -0.2) is 0 Å². The highest BCUT2D eigenvalue weighted by Crippen LogP contribution is 2.23. The summed E-state index contributed by atoms with van der Waals surface area (Å²) in [5.74, 6) is 0. The summed E-state index contributed by atoms with van der Waals surface area (Å²) in [7, 11) is 1.30. The van der Waals surface area contributed by atoms with Gasteiger partial charge in [-0.3, -0.25) is 0 Å². The Morgan fingerprint density at radius 1 is 1.47 bits per heavy atom. The van der Waals surface area contributed by atoms with Crippen LogP contribution in [0.5, 0.6) is 0 Å². The maximum Gasteiger partial charge on any atom is 0.184 e. The van der Waals surface area contributed by atoms with Crippen LogP contribution in [0.3, 0.4) is 0 Å². The highest BCUT2D eigenvalue weighted by Gasteiger charge is 2.43. The Hall–Kier alpha value is -0.890. The maximum atomic E-state index is 9.59. The quantitative estimate of drug-likeness (QED) is 0.310. The van der Waals surface area contributed by atoms with E-state index in [2.05, 4.69) is 10.0 Å². The molecular formula is C7H13N3O5. The molecule has 1 rings (SSSR count). The number of azide groups is 1. The van der Waals surface area contributed by atoms with E-state index < -0.39 is 37.3 Å². The van der Waals surface area contributed by atoms with Gasteiger partial charge in [0.05, 0.1) is 18.8 Å².